The average Bonchev–Trinajstić information content (AvgIpc) is 3.35. The van der Waals surface area contributed by atoms with Crippen LogP contribution in [0.3, 0.4) is 0 Å². The third-order valence-electron chi connectivity index (χ3n) is 4.83. The minimum atomic E-state index is -0.684. The third kappa shape index (κ3) is 3.90. The average molecular weight is 503 g/mol. The number of methoxy groups -OCH3 is 1. The summed E-state index contributed by atoms with van der Waals surface area (Å²) in [4.78, 5) is 31.3. The molecule has 1 aliphatic heterocycles. The lowest BCUT2D eigenvalue weighted by Gasteiger charge is -2.25. The van der Waals surface area contributed by atoms with Crippen LogP contribution in [-0.2, 0) is 9.53 Å². The Hall–Kier alpha value is -2.91. The Balaban J connectivity index is 1.97. The Morgan fingerprint density at radius 1 is 1.39 bits per heavy atom. The summed E-state index contributed by atoms with van der Waals surface area (Å²) < 4.78 is 18.7. The Morgan fingerprint density at radius 3 is 2.84 bits per heavy atom. The number of halogens is 1. The molecule has 0 radical (unpaired) electrons. The molecule has 1 unspecified atom stereocenters. The zero-order valence-corrected chi connectivity index (χ0v) is 19.5. The van der Waals surface area contributed by atoms with Gasteiger partial charge in [-0.15, -0.1) is 0 Å². The SMILES string of the molecule is CCOC(=O)C1=C(C)N=c2s/c(=C/c3ccco3)c(=O)n2C1c1ccc(OC)c(Br)c1. The maximum Gasteiger partial charge on any atom is 0.338 e. The Bertz CT molecular complexity index is 1350. The molecule has 9 heteroatoms. The van der Waals surface area contributed by atoms with E-state index >= 15 is 0 Å². The van der Waals surface area contributed by atoms with E-state index in [1.165, 1.54) is 15.9 Å². The second-order valence-electron chi connectivity index (χ2n) is 6.71. The minimum absolute atomic E-state index is 0.220. The molecule has 0 aliphatic carbocycles. The van der Waals surface area contributed by atoms with Gasteiger partial charge in [0, 0.05) is 6.08 Å². The molecule has 4 rings (SSSR count). The fourth-order valence-corrected chi connectivity index (χ4v) is 5.05. The van der Waals surface area contributed by atoms with Gasteiger partial charge in [0.15, 0.2) is 4.80 Å². The molecule has 1 aromatic carbocycles. The molecule has 0 spiro atoms. The summed E-state index contributed by atoms with van der Waals surface area (Å²) in [6.07, 6.45) is 3.22. The van der Waals surface area contributed by atoms with Crippen LogP contribution in [0.5, 0.6) is 5.75 Å². The summed E-state index contributed by atoms with van der Waals surface area (Å²) in [5.41, 5.74) is 1.32. The van der Waals surface area contributed by atoms with E-state index in [2.05, 4.69) is 20.9 Å². The fourth-order valence-electron chi connectivity index (χ4n) is 3.46. The second-order valence-corrected chi connectivity index (χ2v) is 8.58. The predicted molar refractivity (Wildman–Crippen MR) is 120 cm³/mol. The number of thiazole rings is 1. The first-order chi connectivity index (χ1) is 14.9. The van der Waals surface area contributed by atoms with Crippen molar-refractivity contribution in [2.45, 2.75) is 19.9 Å². The topological polar surface area (TPSA) is 83.0 Å². The highest BCUT2D eigenvalue weighted by Crippen LogP contribution is 2.34. The third-order valence-corrected chi connectivity index (χ3v) is 6.43. The van der Waals surface area contributed by atoms with Gasteiger partial charge in [-0.1, -0.05) is 17.4 Å². The van der Waals surface area contributed by atoms with E-state index in [9.17, 15) is 9.59 Å². The van der Waals surface area contributed by atoms with Crippen LogP contribution in [0.2, 0.25) is 0 Å². The predicted octanol–water partition coefficient (Wildman–Crippen LogP) is 3.16. The van der Waals surface area contributed by atoms with Crippen LogP contribution >= 0.6 is 27.3 Å². The molecule has 0 bridgehead atoms. The summed E-state index contributed by atoms with van der Waals surface area (Å²) in [6.45, 7) is 3.71. The molecule has 0 amide bonds. The van der Waals surface area contributed by atoms with Crippen molar-refractivity contribution in [1.82, 2.24) is 4.57 Å². The van der Waals surface area contributed by atoms with E-state index in [4.69, 9.17) is 13.9 Å². The Morgan fingerprint density at radius 2 is 2.19 bits per heavy atom. The van der Waals surface area contributed by atoms with E-state index in [1.807, 2.05) is 12.1 Å². The van der Waals surface area contributed by atoms with Crippen LogP contribution in [0.1, 0.15) is 31.2 Å². The van der Waals surface area contributed by atoms with Gasteiger partial charge in [0.2, 0.25) is 0 Å². The summed E-state index contributed by atoms with van der Waals surface area (Å²) in [5, 5.41) is 0. The number of hydrogen-bond donors (Lipinski definition) is 0. The lowest BCUT2D eigenvalue weighted by Crippen LogP contribution is -2.39. The molecule has 0 N–H and O–H groups in total. The van der Waals surface area contributed by atoms with Gasteiger partial charge in [0.1, 0.15) is 11.5 Å². The quantitative estimate of drug-likeness (QED) is 0.500. The van der Waals surface area contributed by atoms with Crippen LogP contribution in [0.4, 0.5) is 0 Å². The van der Waals surface area contributed by atoms with Gasteiger partial charge in [-0.25, -0.2) is 9.79 Å². The lowest BCUT2D eigenvalue weighted by atomic mass is 9.96. The van der Waals surface area contributed by atoms with Gasteiger partial charge < -0.3 is 13.9 Å². The first-order valence-electron chi connectivity index (χ1n) is 9.51. The van der Waals surface area contributed by atoms with Crippen molar-refractivity contribution < 1.29 is 18.7 Å². The number of benzene rings is 1. The highest BCUT2D eigenvalue weighted by atomic mass is 79.9. The number of hydrogen-bond acceptors (Lipinski definition) is 7. The highest BCUT2D eigenvalue weighted by molar-refractivity contribution is 9.10. The van der Waals surface area contributed by atoms with Gasteiger partial charge in [-0.3, -0.25) is 9.36 Å². The smallest absolute Gasteiger partial charge is 0.338 e. The van der Waals surface area contributed by atoms with Crippen molar-refractivity contribution in [2.75, 3.05) is 13.7 Å². The molecule has 1 aliphatic rings. The number of carbonyl (C=O) groups is 1. The number of esters is 1. The molecule has 0 saturated carbocycles. The first kappa shape index (κ1) is 21.3. The zero-order valence-electron chi connectivity index (χ0n) is 17.0. The maximum absolute atomic E-state index is 13.4. The first-order valence-corrected chi connectivity index (χ1v) is 11.1. The second kappa shape index (κ2) is 8.68. The summed E-state index contributed by atoms with van der Waals surface area (Å²) in [6, 6.07) is 8.29. The monoisotopic (exact) mass is 502 g/mol. The minimum Gasteiger partial charge on any atom is -0.496 e. The van der Waals surface area contributed by atoms with Crippen molar-refractivity contribution in [1.29, 1.82) is 0 Å². The van der Waals surface area contributed by atoms with E-state index in [0.717, 1.165) is 5.56 Å². The standard InChI is InChI=1S/C22H19BrN2O5S/c1-4-29-21(27)18-12(2)24-22-25(19(18)13-7-8-16(28-3)15(23)10-13)20(26)17(31-22)11-14-6-5-9-30-14/h5-11,19H,4H2,1-3H3/b17-11+. The molecule has 2 aromatic heterocycles. The number of rotatable bonds is 5. The van der Waals surface area contributed by atoms with E-state index in [1.54, 1.807) is 51.5 Å². The number of nitrogens with zero attached hydrogens (tertiary/aromatic N) is 2. The van der Waals surface area contributed by atoms with Crippen LogP contribution in [0.15, 0.2) is 66.5 Å². The molecule has 31 heavy (non-hydrogen) atoms. The van der Waals surface area contributed by atoms with E-state index in [0.29, 0.717) is 36.6 Å². The number of carbonyl (C=O) groups excluding carboxylic acids is 1. The molecule has 3 heterocycles. The number of aromatic nitrogens is 1. The highest BCUT2D eigenvalue weighted by Gasteiger charge is 2.33. The van der Waals surface area contributed by atoms with Crippen LogP contribution < -0.4 is 19.6 Å². The van der Waals surface area contributed by atoms with E-state index < -0.39 is 12.0 Å². The van der Waals surface area contributed by atoms with Crippen LogP contribution in [-0.4, -0.2) is 24.3 Å². The molecule has 3 aromatic rings. The number of fused-ring (bicyclic) bond motifs is 1. The molecular weight excluding hydrogens is 484 g/mol. The van der Waals surface area contributed by atoms with Crippen LogP contribution in [0.25, 0.3) is 6.08 Å². The maximum atomic E-state index is 13.4. The number of allylic oxidation sites excluding steroid dienone is 1. The lowest BCUT2D eigenvalue weighted by molar-refractivity contribution is -0.139. The molecule has 1 atom stereocenters. The Kier molecular flexibility index (Phi) is 5.97. The van der Waals surface area contributed by atoms with Gasteiger partial charge >= 0.3 is 5.97 Å². The molecule has 0 saturated heterocycles. The van der Waals surface area contributed by atoms with Gasteiger partial charge in [0.05, 0.1) is 46.3 Å². The van der Waals surface area contributed by atoms with Gasteiger partial charge in [0.25, 0.3) is 5.56 Å². The largest absolute Gasteiger partial charge is 0.496 e. The summed E-state index contributed by atoms with van der Waals surface area (Å²) >= 11 is 4.74. The molecule has 7 nitrogen and oxygen atoms in total. The van der Waals surface area contributed by atoms with Crippen molar-refractivity contribution in [3.8, 4) is 5.75 Å². The van der Waals surface area contributed by atoms with Gasteiger partial charge in [-0.2, -0.15) is 0 Å². The number of ether oxygens (including phenoxy) is 2. The van der Waals surface area contributed by atoms with Crippen LogP contribution in [0, 0.1) is 0 Å². The molecule has 0 fully saturated rings. The fraction of sp³-hybridized carbons (Fsp3) is 0.227. The van der Waals surface area contributed by atoms with Gasteiger partial charge in [-0.05, 0) is 59.6 Å². The summed E-state index contributed by atoms with van der Waals surface area (Å²) in [5.74, 6) is 0.712. The van der Waals surface area contributed by atoms with E-state index in [-0.39, 0.29) is 12.2 Å². The molecular formula is C22H19BrN2O5S. The number of furan rings is 1. The van der Waals surface area contributed by atoms with Crippen molar-refractivity contribution in [3.63, 3.8) is 0 Å². The summed E-state index contributed by atoms with van der Waals surface area (Å²) in [7, 11) is 1.57. The van der Waals surface area contributed by atoms with Crippen molar-refractivity contribution >= 4 is 39.3 Å². The zero-order chi connectivity index (χ0) is 22.1. The molecule has 160 valence electrons. The van der Waals surface area contributed by atoms with Crippen molar-refractivity contribution in [3.05, 3.63) is 83.3 Å². The normalized spacial score (nSPS) is 16.1. The Labute approximate surface area is 190 Å². The van der Waals surface area contributed by atoms with Crippen molar-refractivity contribution in [2.24, 2.45) is 4.99 Å².